The summed E-state index contributed by atoms with van der Waals surface area (Å²) in [6, 6.07) is 7.55. The van der Waals surface area contributed by atoms with Crippen LogP contribution in [0.25, 0.3) is 10.1 Å². The predicted octanol–water partition coefficient (Wildman–Crippen LogP) is 2.27. The largest absolute Gasteiger partial charge is 0.480 e. The number of carbonyl (C=O) groups excluding carboxylic acids is 3. The molecule has 0 radical (unpaired) electrons. The first kappa shape index (κ1) is 19.3. The molecule has 2 amide bonds. The van der Waals surface area contributed by atoms with Crippen LogP contribution in [0.3, 0.4) is 0 Å². The molecule has 2 heterocycles. The first-order chi connectivity index (χ1) is 13.9. The molecule has 8 heteroatoms. The Bertz CT molecular complexity index is 1010. The van der Waals surface area contributed by atoms with Gasteiger partial charge in [-0.05, 0) is 36.8 Å². The number of amides is 2. The summed E-state index contributed by atoms with van der Waals surface area (Å²) < 4.78 is 0.957. The molecule has 1 aliphatic heterocycles. The first-order valence-corrected chi connectivity index (χ1v) is 10.2. The van der Waals surface area contributed by atoms with Crippen molar-refractivity contribution in [3.63, 3.8) is 0 Å². The number of fused-ring (bicyclic) bond motifs is 2. The smallest absolute Gasteiger partial charge is 0.319 e. The quantitative estimate of drug-likeness (QED) is 0.529. The zero-order valence-corrected chi connectivity index (χ0v) is 16.3. The number of nitrogens with one attached hydrogen (secondary N) is 2. The number of piperidine rings is 1. The van der Waals surface area contributed by atoms with Gasteiger partial charge in [0.1, 0.15) is 5.41 Å². The summed E-state index contributed by atoms with van der Waals surface area (Å²) in [5, 5.41) is 16.3. The molecule has 1 aliphatic carbocycles. The van der Waals surface area contributed by atoms with Gasteiger partial charge in [-0.25, -0.2) is 0 Å². The van der Waals surface area contributed by atoms with Crippen LogP contribution in [-0.2, 0) is 14.4 Å². The van der Waals surface area contributed by atoms with E-state index in [9.17, 15) is 24.3 Å². The first-order valence-electron chi connectivity index (χ1n) is 9.43. The van der Waals surface area contributed by atoms with Crippen LogP contribution in [-0.4, -0.2) is 40.8 Å². The molecule has 1 aromatic carbocycles. The third kappa shape index (κ3) is 3.33. The summed E-state index contributed by atoms with van der Waals surface area (Å²) in [6.45, 7) is 0. The molecule has 0 saturated carbocycles. The van der Waals surface area contributed by atoms with E-state index in [-0.39, 0.29) is 31.6 Å². The average Bonchev–Trinajstić information content (AvgIpc) is 3.13. The second-order valence-corrected chi connectivity index (χ2v) is 8.46. The molecule has 1 fully saturated rings. The minimum atomic E-state index is -1.74. The molecule has 0 bridgehead atoms. The number of aliphatic carboxylic acids is 1. The number of carbonyl (C=O) groups is 4. The summed E-state index contributed by atoms with van der Waals surface area (Å²) >= 11 is 1.32. The number of benzene rings is 1. The fourth-order valence-corrected chi connectivity index (χ4v) is 5.09. The highest BCUT2D eigenvalue weighted by molar-refractivity contribution is 7.20. The summed E-state index contributed by atoms with van der Waals surface area (Å²) in [4.78, 5) is 50.7. The Morgan fingerprint density at radius 3 is 2.69 bits per heavy atom. The van der Waals surface area contributed by atoms with Gasteiger partial charge in [0.05, 0.1) is 17.0 Å². The molecule has 2 aliphatic rings. The van der Waals surface area contributed by atoms with Crippen molar-refractivity contribution in [3.8, 4) is 0 Å². The van der Waals surface area contributed by atoms with E-state index in [0.29, 0.717) is 4.88 Å². The maximum Gasteiger partial charge on any atom is 0.319 e. The highest BCUT2D eigenvalue weighted by Gasteiger charge is 2.56. The standard InChI is InChI=1S/C21H20N2O5S/c24-17-9-10-21(20(27)28)16(23-17)8-4-2-6-13(18(21)25)22-19(26)15-11-12-5-1-3-7-14(12)29-15/h1-5,7,11,13,16H,6,8-10H2,(H,22,26)(H,23,24)(H,27,28)/t13-,16-,21?/m0/s1. The van der Waals surface area contributed by atoms with Crippen LogP contribution >= 0.6 is 11.3 Å². The number of rotatable bonds is 3. The fourth-order valence-electron chi connectivity index (χ4n) is 4.12. The Morgan fingerprint density at radius 2 is 1.93 bits per heavy atom. The van der Waals surface area contributed by atoms with Crippen molar-refractivity contribution >= 4 is 45.0 Å². The SMILES string of the molecule is O=C1CCC2(C(=O)O)C(=O)[C@@H](NC(=O)c3cc4ccccc4s3)CC=CC[C@@H]2N1. The topological polar surface area (TPSA) is 113 Å². The molecule has 29 heavy (non-hydrogen) atoms. The molecule has 1 saturated heterocycles. The zero-order chi connectivity index (χ0) is 20.6. The van der Waals surface area contributed by atoms with E-state index in [1.165, 1.54) is 11.3 Å². The predicted molar refractivity (Wildman–Crippen MR) is 108 cm³/mol. The van der Waals surface area contributed by atoms with Crippen molar-refractivity contribution in [1.29, 1.82) is 0 Å². The number of hydrogen-bond acceptors (Lipinski definition) is 5. The Balaban J connectivity index is 1.64. The van der Waals surface area contributed by atoms with Gasteiger partial charge in [0.15, 0.2) is 5.78 Å². The molecule has 0 spiro atoms. The molecule has 150 valence electrons. The lowest BCUT2D eigenvalue weighted by Gasteiger charge is -2.41. The van der Waals surface area contributed by atoms with Gasteiger partial charge in [-0.3, -0.25) is 19.2 Å². The maximum atomic E-state index is 13.4. The van der Waals surface area contributed by atoms with Gasteiger partial charge in [-0.1, -0.05) is 30.4 Å². The van der Waals surface area contributed by atoms with Crippen LogP contribution in [0.1, 0.15) is 35.4 Å². The second-order valence-electron chi connectivity index (χ2n) is 7.38. The van der Waals surface area contributed by atoms with E-state index in [0.717, 1.165) is 10.1 Å². The number of Topliss-reactive ketones (excluding diaryl/α,β-unsaturated/α-hetero) is 1. The van der Waals surface area contributed by atoms with Crippen LogP contribution < -0.4 is 10.6 Å². The fraction of sp³-hybridized carbons (Fsp3) is 0.333. The lowest BCUT2D eigenvalue weighted by molar-refractivity contribution is -0.161. The average molecular weight is 412 g/mol. The summed E-state index contributed by atoms with van der Waals surface area (Å²) in [7, 11) is 0. The van der Waals surface area contributed by atoms with Gasteiger partial charge >= 0.3 is 5.97 Å². The number of thiophene rings is 1. The van der Waals surface area contributed by atoms with E-state index in [1.54, 1.807) is 18.2 Å². The summed E-state index contributed by atoms with van der Waals surface area (Å²) in [5.74, 6) is -2.49. The van der Waals surface area contributed by atoms with E-state index < -0.39 is 35.2 Å². The van der Waals surface area contributed by atoms with E-state index >= 15 is 0 Å². The van der Waals surface area contributed by atoms with E-state index in [4.69, 9.17) is 0 Å². The lowest BCUT2D eigenvalue weighted by atomic mass is 9.66. The monoisotopic (exact) mass is 412 g/mol. The van der Waals surface area contributed by atoms with Crippen LogP contribution in [0.15, 0.2) is 42.5 Å². The number of carboxylic acids is 1. The maximum absolute atomic E-state index is 13.4. The third-order valence-electron chi connectivity index (χ3n) is 5.68. The van der Waals surface area contributed by atoms with Crippen LogP contribution in [0.5, 0.6) is 0 Å². The highest BCUT2D eigenvalue weighted by Crippen LogP contribution is 2.38. The molecule has 1 unspecified atom stereocenters. The van der Waals surface area contributed by atoms with Crippen molar-refractivity contribution in [2.24, 2.45) is 5.41 Å². The second kappa shape index (κ2) is 7.44. The minimum Gasteiger partial charge on any atom is -0.480 e. The Morgan fingerprint density at radius 1 is 1.17 bits per heavy atom. The highest BCUT2D eigenvalue weighted by atomic mass is 32.1. The van der Waals surface area contributed by atoms with E-state index in [2.05, 4.69) is 10.6 Å². The van der Waals surface area contributed by atoms with Gasteiger partial charge in [0.25, 0.3) is 5.91 Å². The molecule has 1 aromatic heterocycles. The van der Waals surface area contributed by atoms with Crippen molar-refractivity contribution in [2.45, 2.75) is 37.8 Å². The van der Waals surface area contributed by atoms with Crippen molar-refractivity contribution in [3.05, 3.63) is 47.4 Å². The normalized spacial score (nSPS) is 26.9. The van der Waals surface area contributed by atoms with Crippen molar-refractivity contribution < 1.29 is 24.3 Å². The van der Waals surface area contributed by atoms with Crippen LogP contribution in [0, 0.1) is 5.41 Å². The Kier molecular flexibility index (Phi) is 4.96. The zero-order valence-electron chi connectivity index (χ0n) is 15.5. The number of carboxylic acid groups (broad SMARTS) is 1. The molecule has 4 rings (SSSR count). The Hall–Kier alpha value is -3.00. The van der Waals surface area contributed by atoms with E-state index in [1.807, 2.05) is 24.3 Å². The number of ketones is 1. The van der Waals surface area contributed by atoms with Gasteiger partial charge < -0.3 is 15.7 Å². The van der Waals surface area contributed by atoms with Crippen LogP contribution in [0.4, 0.5) is 0 Å². The summed E-state index contributed by atoms with van der Waals surface area (Å²) in [5.41, 5.74) is -1.74. The molecular formula is C21H20N2O5S. The minimum absolute atomic E-state index is 0.0325. The van der Waals surface area contributed by atoms with Crippen molar-refractivity contribution in [2.75, 3.05) is 0 Å². The third-order valence-corrected chi connectivity index (χ3v) is 6.79. The van der Waals surface area contributed by atoms with Crippen LogP contribution in [0.2, 0.25) is 0 Å². The van der Waals surface area contributed by atoms with Gasteiger partial charge in [-0.2, -0.15) is 0 Å². The summed E-state index contributed by atoms with van der Waals surface area (Å²) in [6.07, 6.45) is 3.89. The molecule has 2 aromatic rings. The molecule has 7 nitrogen and oxygen atoms in total. The lowest BCUT2D eigenvalue weighted by Crippen LogP contribution is -2.64. The van der Waals surface area contributed by atoms with Gasteiger partial charge in [-0.15, -0.1) is 11.3 Å². The number of hydrogen-bond donors (Lipinski definition) is 3. The van der Waals surface area contributed by atoms with Gasteiger partial charge in [0.2, 0.25) is 5.91 Å². The molecule has 3 atom stereocenters. The van der Waals surface area contributed by atoms with Crippen molar-refractivity contribution in [1.82, 2.24) is 10.6 Å². The van der Waals surface area contributed by atoms with Gasteiger partial charge in [0, 0.05) is 11.1 Å². The molecular weight excluding hydrogens is 392 g/mol. The molecule has 3 N–H and O–H groups in total. The Labute approximate surface area is 170 Å².